The van der Waals surface area contributed by atoms with E-state index in [4.69, 9.17) is 22.6 Å². The number of H-pyrrole nitrogens is 2. The van der Waals surface area contributed by atoms with Crippen molar-refractivity contribution in [2.75, 3.05) is 0 Å². The number of nitrogens with one attached hydrogen (secondary N) is 2. The minimum Gasteiger partial charge on any atom is -0.481 e. The van der Waals surface area contributed by atoms with Crippen molar-refractivity contribution in [1.82, 2.24) is 19.9 Å². The van der Waals surface area contributed by atoms with Gasteiger partial charge in [-0.25, -0.2) is 9.97 Å². The minimum atomic E-state index is -0.878. The van der Waals surface area contributed by atoms with Crippen LogP contribution in [-0.2, 0) is 16.0 Å². The predicted molar refractivity (Wildman–Crippen MR) is 176 cm³/mol. The van der Waals surface area contributed by atoms with Crippen LogP contribution < -0.4 is 0 Å². The highest BCUT2D eigenvalue weighted by atomic mass is 32.1. The Balaban J connectivity index is 1.93. The van der Waals surface area contributed by atoms with Gasteiger partial charge < -0.3 is 20.2 Å². The molecule has 0 aliphatic carbocycles. The van der Waals surface area contributed by atoms with Gasteiger partial charge in [0, 0.05) is 40.2 Å². The number of aromatic amines is 2. The first-order valence-electron chi connectivity index (χ1n) is 14.7. The topological polar surface area (TPSA) is 132 Å². The molecule has 5 heterocycles. The van der Waals surface area contributed by atoms with E-state index in [-0.39, 0.29) is 18.1 Å². The lowest BCUT2D eigenvalue weighted by Crippen LogP contribution is -1.97. The predicted octanol–water partition coefficient (Wildman–Crippen LogP) is 8.08. The summed E-state index contributed by atoms with van der Waals surface area (Å²) < 4.78 is 0. The molecular weight excluding hydrogens is 560 g/mol. The summed E-state index contributed by atoms with van der Waals surface area (Å²) in [6, 6.07) is 8.10. The van der Waals surface area contributed by atoms with E-state index in [1.54, 1.807) is 0 Å². The van der Waals surface area contributed by atoms with Crippen molar-refractivity contribution in [3.63, 3.8) is 0 Å². The van der Waals surface area contributed by atoms with Crippen molar-refractivity contribution in [3.05, 3.63) is 69.3 Å². The van der Waals surface area contributed by atoms with Crippen molar-refractivity contribution in [3.8, 4) is 0 Å². The molecule has 1 atom stereocenters. The van der Waals surface area contributed by atoms with Gasteiger partial charge in [0.15, 0.2) is 0 Å². The lowest BCUT2D eigenvalue weighted by atomic mass is 9.98. The molecule has 2 aliphatic heterocycles. The highest BCUT2D eigenvalue weighted by Crippen LogP contribution is 2.38. The van der Waals surface area contributed by atoms with Gasteiger partial charge in [0.2, 0.25) is 0 Å². The van der Waals surface area contributed by atoms with E-state index in [2.05, 4.69) is 43.7 Å². The Morgan fingerprint density at radius 2 is 1.23 bits per heavy atom. The smallest absolute Gasteiger partial charge is 0.303 e. The van der Waals surface area contributed by atoms with E-state index in [1.165, 1.54) is 5.56 Å². The van der Waals surface area contributed by atoms with E-state index >= 15 is 0 Å². The Labute approximate surface area is 256 Å². The van der Waals surface area contributed by atoms with Crippen LogP contribution in [0.1, 0.15) is 104 Å². The van der Waals surface area contributed by atoms with Crippen LogP contribution in [0.25, 0.3) is 44.4 Å². The van der Waals surface area contributed by atoms with Crippen molar-refractivity contribution in [2.45, 2.75) is 78.9 Å². The van der Waals surface area contributed by atoms with E-state index in [9.17, 15) is 19.8 Å². The Kier molecular flexibility index (Phi) is 8.38. The SMILES string of the molecule is CCc1c(C)c2cc3[nH]c(cc4nc(cc5nc(cc1[nH]2)C(C)=C5CCC(=O)O)C(CCC(=O)O)=C4C)c(C)c3[C@H](C)S. The molecule has 4 N–H and O–H groups in total. The zero-order valence-corrected chi connectivity index (χ0v) is 26.4. The molecule has 0 amide bonds. The maximum absolute atomic E-state index is 11.6. The van der Waals surface area contributed by atoms with Crippen LogP contribution in [0.3, 0.4) is 0 Å². The highest BCUT2D eigenvalue weighted by Gasteiger charge is 2.23. The Hall–Kier alpha value is -4.11. The molecule has 8 bridgehead atoms. The molecule has 224 valence electrons. The summed E-state index contributed by atoms with van der Waals surface area (Å²) in [5.74, 6) is -1.75. The number of fused-ring (bicyclic) bond motifs is 8. The molecule has 2 aliphatic rings. The molecule has 0 saturated heterocycles. The number of aryl methyl sites for hydroxylation is 3. The van der Waals surface area contributed by atoms with Gasteiger partial charge in [0.05, 0.1) is 22.8 Å². The maximum Gasteiger partial charge on any atom is 0.303 e. The number of aliphatic carboxylic acids is 2. The molecule has 0 spiro atoms. The average Bonchev–Trinajstić information content (AvgIpc) is 3.59. The molecule has 8 nitrogen and oxygen atoms in total. The summed E-state index contributed by atoms with van der Waals surface area (Å²) in [7, 11) is 0. The fraction of sp³-hybridized carbons (Fsp3) is 0.353. The van der Waals surface area contributed by atoms with Gasteiger partial charge >= 0.3 is 11.9 Å². The first kappa shape index (κ1) is 30.4. The summed E-state index contributed by atoms with van der Waals surface area (Å²) in [5.41, 5.74) is 14.8. The summed E-state index contributed by atoms with van der Waals surface area (Å²) in [6.45, 7) is 12.4. The molecule has 0 aromatic carbocycles. The highest BCUT2D eigenvalue weighted by molar-refractivity contribution is 7.80. The Bertz CT molecular complexity index is 1890. The summed E-state index contributed by atoms with van der Waals surface area (Å²) in [5, 5.41) is 18.9. The molecule has 3 aromatic heterocycles. The van der Waals surface area contributed by atoms with Crippen LogP contribution >= 0.6 is 12.6 Å². The molecule has 0 saturated carbocycles. The zero-order chi connectivity index (χ0) is 31.2. The minimum absolute atomic E-state index is 0.0130. The lowest BCUT2D eigenvalue weighted by Gasteiger charge is -2.05. The molecule has 43 heavy (non-hydrogen) atoms. The van der Waals surface area contributed by atoms with Crippen LogP contribution in [0.2, 0.25) is 0 Å². The van der Waals surface area contributed by atoms with E-state index < -0.39 is 11.9 Å². The van der Waals surface area contributed by atoms with Gasteiger partial charge in [-0.2, -0.15) is 12.6 Å². The number of rotatable bonds is 8. The van der Waals surface area contributed by atoms with Crippen LogP contribution in [0.5, 0.6) is 0 Å². The zero-order valence-electron chi connectivity index (χ0n) is 25.5. The number of carboxylic acids is 2. The Morgan fingerprint density at radius 1 is 0.744 bits per heavy atom. The van der Waals surface area contributed by atoms with Crippen LogP contribution in [0.4, 0.5) is 0 Å². The third kappa shape index (κ3) is 5.78. The number of carbonyl (C=O) groups is 2. The normalized spacial score (nSPS) is 14.0. The quantitative estimate of drug-likeness (QED) is 0.167. The lowest BCUT2D eigenvalue weighted by molar-refractivity contribution is -0.137. The van der Waals surface area contributed by atoms with Gasteiger partial charge in [0.1, 0.15) is 0 Å². The summed E-state index contributed by atoms with van der Waals surface area (Å²) >= 11 is 4.82. The first-order valence-corrected chi connectivity index (χ1v) is 15.2. The third-order valence-corrected chi connectivity index (χ3v) is 8.92. The van der Waals surface area contributed by atoms with Gasteiger partial charge in [0.25, 0.3) is 0 Å². The van der Waals surface area contributed by atoms with Crippen molar-refractivity contribution in [2.24, 2.45) is 0 Å². The second-order valence-electron chi connectivity index (χ2n) is 11.4. The number of aromatic nitrogens is 4. The molecule has 3 aromatic rings. The van der Waals surface area contributed by atoms with Crippen LogP contribution in [-0.4, -0.2) is 42.1 Å². The molecule has 5 rings (SSSR count). The number of hydrogen-bond acceptors (Lipinski definition) is 5. The third-order valence-electron chi connectivity index (χ3n) is 8.67. The van der Waals surface area contributed by atoms with Crippen molar-refractivity contribution in [1.29, 1.82) is 0 Å². The second kappa shape index (κ2) is 11.9. The molecular formula is C34H38N4O4S. The van der Waals surface area contributed by atoms with Gasteiger partial charge in [-0.3, -0.25) is 9.59 Å². The Morgan fingerprint density at radius 3 is 1.72 bits per heavy atom. The van der Waals surface area contributed by atoms with E-state index in [0.29, 0.717) is 24.2 Å². The number of carboxylic acid groups (broad SMARTS) is 2. The summed E-state index contributed by atoms with van der Waals surface area (Å²) in [6.07, 6.45) is 1.43. The standard InChI is InChI=1S/C34H38N4O4S/c1-7-21-16(2)26-14-31-34(20(6)43)19(5)27(38-31)12-24-17(3)22(8-10-32(39)40)29(36-24)15-30-23(9-11-33(41)42)18(4)25(37-30)13-28(21)35-26/h12-15,20,35,38,43H,7-11H2,1-6H3,(H,39,40)(H,41,42)/t20-/m0/s1. The second-order valence-corrected chi connectivity index (χ2v) is 12.2. The number of nitrogens with zero attached hydrogens (tertiary/aromatic N) is 2. The van der Waals surface area contributed by atoms with Crippen LogP contribution in [0.15, 0.2) is 24.3 Å². The van der Waals surface area contributed by atoms with Crippen molar-refractivity contribution >= 4 is 68.9 Å². The average molecular weight is 599 g/mol. The number of hydrogen-bond donors (Lipinski definition) is 5. The monoisotopic (exact) mass is 598 g/mol. The largest absolute Gasteiger partial charge is 0.481 e. The fourth-order valence-electron chi connectivity index (χ4n) is 6.27. The number of thiol groups is 1. The van der Waals surface area contributed by atoms with Gasteiger partial charge in [-0.05, 0) is 123 Å². The molecule has 9 heteroatoms. The molecule has 0 fully saturated rings. The van der Waals surface area contributed by atoms with E-state index in [1.807, 2.05) is 32.0 Å². The maximum atomic E-state index is 11.6. The molecule has 0 radical (unpaired) electrons. The van der Waals surface area contributed by atoms with E-state index in [0.717, 1.165) is 78.9 Å². The van der Waals surface area contributed by atoms with Gasteiger partial charge in [-0.1, -0.05) is 6.92 Å². The fourth-order valence-corrected chi connectivity index (χ4v) is 6.60. The number of allylic oxidation sites excluding steroid dienone is 4. The first-order chi connectivity index (χ1) is 20.4. The molecule has 0 unspecified atom stereocenters. The van der Waals surface area contributed by atoms with Crippen molar-refractivity contribution < 1.29 is 19.8 Å². The van der Waals surface area contributed by atoms with Crippen LogP contribution in [0, 0.1) is 13.8 Å². The van der Waals surface area contributed by atoms with Gasteiger partial charge in [-0.15, -0.1) is 0 Å². The summed E-state index contributed by atoms with van der Waals surface area (Å²) in [4.78, 5) is 40.4.